The van der Waals surface area contributed by atoms with E-state index in [1.165, 1.54) is 13.2 Å². The van der Waals surface area contributed by atoms with Crippen LogP contribution in [0.15, 0.2) is 10.9 Å². The first kappa shape index (κ1) is 11.3. The van der Waals surface area contributed by atoms with E-state index < -0.39 is 0 Å². The second-order valence-electron chi connectivity index (χ2n) is 3.12. The maximum absolute atomic E-state index is 11.5. The molecule has 1 heterocycles. The Morgan fingerprint density at radius 3 is 2.87 bits per heavy atom. The molecule has 1 rings (SSSR count). The summed E-state index contributed by atoms with van der Waals surface area (Å²) in [5.41, 5.74) is 0.278. The average molecular weight is 208 g/mol. The fraction of sp³-hybridized carbons (Fsp3) is 0.400. The highest BCUT2D eigenvalue weighted by atomic mass is 16.5. The van der Waals surface area contributed by atoms with E-state index in [-0.39, 0.29) is 23.5 Å². The summed E-state index contributed by atoms with van der Waals surface area (Å²) >= 11 is 0. The number of nitriles is 1. The summed E-state index contributed by atoms with van der Waals surface area (Å²) in [6, 6.07) is 3.18. The molecule has 0 saturated carbocycles. The van der Waals surface area contributed by atoms with Crippen LogP contribution in [0, 0.1) is 18.3 Å². The van der Waals surface area contributed by atoms with Crippen molar-refractivity contribution in [3.63, 3.8) is 0 Å². The molecule has 1 N–H and O–H groups in total. The standard InChI is InChI=1S/C10H12N2O3/c1-7-5-9(13)12(3-4-15-2)10(14)8(7)6-11/h5,14H,3-4H2,1-2H3. The van der Waals surface area contributed by atoms with Crippen LogP contribution in [0.5, 0.6) is 5.88 Å². The van der Waals surface area contributed by atoms with Gasteiger partial charge in [0.1, 0.15) is 11.6 Å². The molecule has 0 aliphatic rings. The Kier molecular flexibility index (Phi) is 3.47. The monoisotopic (exact) mass is 208 g/mol. The minimum Gasteiger partial charge on any atom is -0.493 e. The smallest absolute Gasteiger partial charge is 0.253 e. The first-order valence-corrected chi connectivity index (χ1v) is 4.44. The number of nitrogens with zero attached hydrogens (tertiary/aromatic N) is 2. The van der Waals surface area contributed by atoms with Crippen molar-refractivity contribution < 1.29 is 9.84 Å². The summed E-state index contributed by atoms with van der Waals surface area (Å²) in [5.74, 6) is -0.292. The van der Waals surface area contributed by atoms with Gasteiger partial charge in [-0.3, -0.25) is 9.36 Å². The van der Waals surface area contributed by atoms with Gasteiger partial charge in [0.2, 0.25) is 5.88 Å². The van der Waals surface area contributed by atoms with Gasteiger partial charge in [0, 0.05) is 13.2 Å². The summed E-state index contributed by atoms with van der Waals surface area (Å²) < 4.78 is 5.93. The molecule has 0 aliphatic heterocycles. The molecule has 80 valence electrons. The molecule has 0 aliphatic carbocycles. The molecule has 5 nitrogen and oxygen atoms in total. The number of hydrogen-bond acceptors (Lipinski definition) is 4. The lowest BCUT2D eigenvalue weighted by Crippen LogP contribution is -2.22. The summed E-state index contributed by atoms with van der Waals surface area (Å²) in [4.78, 5) is 11.5. The van der Waals surface area contributed by atoms with Gasteiger partial charge in [-0.05, 0) is 12.5 Å². The molecule has 0 atom stereocenters. The van der Waals surface area contributed by atoms with Crippen LogP contribution >= 0.6 is 0 Å². The fourth-order valence-corrected chi connectivity index (χ4v) is 1.29. The Bertz CT molecular complexity index is 457. The van der Waals surface area contributed by atoms with Crippen molar-refractivity contribution in [3.05, 3.63) is 27.5 Å². The zero-order valence-electron chi connectivity index (χ0n) is 8.65. The molecule has 0 radical (unpaired) electrons. The van der Waals surface area contributed by atoms with E-state index in [4.69, 9.17) is 10.00 Å². The zero-order chi connectivity index (χ0) is 11.4. The first-order valence-electron chi connectivity index (χ1n) is 4.44. The van der Waals surface area contributed by atoms with E-state index in [0.717, 1.165) is 4.57 Å². The highest BCUT2D eigenvalue weighted by Crippen LogP contribution is 2.16. The Morgan fingerprint density at radius 1 is 1.67 bits per heavy atom. The Morgan fingerprint density at radius 2 is 2.33 bits per heavy atom. The third-order valence-corrected chi connectivity index (χ3v) is 2.11. The lowest BCUT2D eigenvalue weighted by atomic mass is 10.1. The second-order valence-corrected chi connectivity index (χ2v) is 3.12. The van der Waals surface area contributed by atoms with Crippen LogP contribution in [0.2, 0.25) is 0 Å². The van der Waals surface area contributed by atoms with Gasteiger partial charge in [0.05, 0.1) is 13.2 Å². The van der Waals surface area contributed by atoms with Gasteiger partial charge in [-0.2, -0.15) is 5.26 Å². The molecule has 0 fully saturated rings. The summed E-state index contributed by atoms with van der Waals surface area (Å²) in [5, 5.41) is 18.4. The zero-order valence-corrected chi connectivity index (χ0v) is 8.65. The maximum Gasteiger partial charge on any atom is 0.253 e. The molecule has 1 aromatic rings. The molecule has 5 heteroatoms. The van der Waals surface area contributed by atoms with Crippen LogP contribution in [0.25, 0.3) is 0 Å². The van der Waals surface area contributed by atoms with E-state index in [1.807, 2.05) is 6.07 Å². The lowest BCUT2D eigenvalue weighted by Gasteiger charge is -2.09. The van der Waals surface area contributed by atoms with Gasteiger partial charge in [-0.1, -0.05) is 0 Å². The SMILES string of the molecule is COCCn1c(O)c(C#N)c(C)cc1=O. The summed E-state index contributed by atoms with van der Waals surface area (Å²) in [7, 11) is 1.50. The number of methoxy groups -OCH3 is 1. The summed E-state index contributed by atoms with van der Waals surface area (Å²) in [6.07, 6.45) is 0. The average Bonchev–Trinajstić information content (AvgIpc) is 2.17. The molecule has 1 aromatic heterocycles. The Hall–Kier alpha value is -1.80. The topological polar surface area (TPSA) is 75.2 Å². The van der Waals surface area contributed by atoms with Crippen LogP contribution in [-0.4, -0.2) is 23.4 Å². The number of aromatic hydroxyl groups is 1. The van der Waals surface area contributed by atoms with Crippen LogP contribution in [-0.2, 0) is 11.3 Å². The number of pyridine rings is 1. The summed E-state index contributed by atoms with van der Waals surface area (Å²) in [6.45, 7) is 2.15. The van der Waals surface area contributed by atoms with Gasteiger partial charge in [-0.25, -0.2) is 0 Å². The van der Waals surface area contributed by atoms with Crippen LogP contribution in [0.4, 0.5) is 0 Å². The fourth-order valence-electron chi connectivity index (χ4n) is 1.29. The molecule has 0 amide bonds. The predicted octanol–water partition coefficient (Wildman–Crippen LogP) is 0.380. The number of aromatic nitrogens is 1. The van der Waals surface area contributed by atoms with E-state index in [0.29, 0.717) is 12.2 Å². The van der Waals surface area contributed by atoms with Crippen LogP contribution < -0.4 is 5.56 Å². The van der Waals surface area contributed by atoms with Crippen molar-refractivity contribution in [1.29, 1.82) is 5.26 Å². The van der Waals surface area contributed by atoms with Gasteiger partial charge in [-0.15, -0.1) is 0 Å². The molecule has 0 spiro atoms. The van der Waals surface area contributed by atoms with Crippen molar-refractivity contribution >= 4 is 0 Å². The molecular formula is C10H12N2O3. The normalized spacial score (nSPS) is 9.93. The number of aryl methyl sites for hydroxylation is 1. The van der Waals surface area contributed by atoms with Gasteiger partial charge < -0.3 is 9.84 Å². The van der Waals surface area contributed by atoms with Crippen molar-refractivity contribution in [3.8, 4) is 11.9 Å². The van der Waals surface area contributed by atoms with E-state index in [1.54, 1.807) is 6.92 Å². The van der Waals surface area contributed by atoms with Gasteiger partial charge >= 0.3 is 0 Å². The maximum atomic E-state index is 11.5. The van der Waals surface area contributed by atoms with Crippen LogP contribution in [0.3, 0.4) is 0 Å². The van der Waals surface area contributed by atoms with Crippen molar-refractivity contribution in [2.24, 2.45) is 0 Å². The predicted molar refractivity (Wildman–Crippen MR) is 53.7 cm³/mol. The Labute approximate surface area is 87.1 Å². The highest BCUT2D eigenvalue weighted by Gasteiger charge is 2.11. The van der Waals surface area contributed by atoms with Gasteiger partial charge in [0.25, 0.3) is 5.56 Å². The first-order chi connectivity index (χ1) is 7.11. The Balaban J connectivity index is 3.28. The molecule has 0 unspecified atom stereocenters. The van der Waals surface area contributed by atoms with Crippen molar-refractivity contribution in [2.75, 3.05) is 13.7 Å². The molecule has 0 aromatic carbocycles. The minimum absolute atomic E-state index is 0.130. The lowest BCUT2D eigenvalue weighted by molar-refractivity contribution is 0.182. The van der Waals surface area contributed by atoms with Crippen molar-refractivity contribution in [2.45, 2.75) is 13.5 Å². The second kappa shape index (κ2) is 4.62. The molecule has 15 heavy (non-hydrogen) atoms. The van der Waals surface area contributed by atoms with E-state index in [9.17, 15) is 9.90 Å². The third-order valence-electron chi connectivity index (χ3n) is 2.11. The van der Waals surface area contributed by atoms with E-state index in [2.05, 4.69) is 0 Å². The molecule has 0 bridgehead atoms. The van der Waals surface area contributed by atoms with Gasteiger partial charge in [0.15, 0.2) is 0 Å². The van der Waals surface area contributed by atoms with Crippen molar-refractivity contribution in [1.82, 2.24) is 4.57 Å². The quantitative estimate of drug-likeness (QED) is 0.779. The largest absolute Gasteiger partial charge is 0.493 e. The van der Waals surface area contributed by atoms with Crippen LogP contribution in [0.1, 0.15) is 11.1 Å². The number of ether oxygens (including phenoxy) is 1. The minimum atomic E-state index is -0.332. The van der Waals surface area contributed by atoms with E-state index >= 15 is 0 Å². The third kappa shape index (κ3) is 2.17. The number of hydrogen-bond donors (Lipinski definition) is 1. The molecule has 0 saturated heterocycles. The molecular weight excluding hydrogens is 196 g/mol. The number of rotatable bonds is 3. The highest BCUT2D eigenvalue weighted by molar-refractivity contribution is 5.43.